The Morgan fingerprint density at radius 3 is 2.48 bits per heavy atom. The summed E-state index contributed by atoms with van der Waals surface area (Å²) >= 11 is 1.26. The Kier molecular flexibility index (Phi) is 6.06. The number of nitrogens with zero attached hydrogens (tertiary/aromatic N) is 3. The maximum Gasteiger partial charge on any atom is 0.271 e. The van der Waals surface area contributed by atoms with E-state index in [1.807, 2.05) is 0 Å². The van der Waals surface area contributed by atoms with Gasteiger partial charge in [-0.1, -0.05) is 18.2 Å². The van der Waals surface area contributed by atoms with Crippen molar-refractivity contribution in [2.24, 2.45) is 0 Å². The van der Waals surface area contributed by atoms with Gasteiger partial charge in [-0.3, -0.25) is 4.79 Å². The molecule has 0 saturated carbocycles. The van der Waals surface area contributed by atoms with Gasteiger partial charge in [0.1, 0.15) is 5.69 Å². The first-order chi connectivity index (χ1) is 13.7. The predicted octanol–water partition coefficient (Wildman–Crippen LogP) is 2.61. The van der Waals surface area contributed by atoms with Gasteiger partial charge in [-0.05, 0) is 38.5 Å². The first-order valence-electron chi connectivity index (χ1n) is 8.79. The summed E-state index contributed by atoms with van der Waals surface area (Å²) in [5.74, 6) is 0.0423. The highest BCUT2D eigenvalue weighted by Gasteiger charge is 2.24. The van der Waals surface area contributed by atoms with Crippen molar-refractivity contribution < 1.29 is 13.2 Å². The van der Waals surface area contributed by atoms with Gasteiger partial charge in [0.05, 0.1) is 4.90 Å². The number of benzene rings is 1. The molecule has 29 heavy (non-hydrogen) atoms. The van der Waals surface area contributed by atoms with E-state index < -0.39 is 21.5 Å². The van der Waals surface area contributed by atoms with Gasteiger partial charge in [0.25, 0.3) is 5.91 Å². The molecule has 0 aliphatic carbocycles. The van der Waals surface area contributed by atoms with E-state index >= 15 is 0 Å². The summed E-state index contributed by atoms with van der Waals surface area (Å²) in [7, 11) is -3.72. The molecule has 0 unspecified atom stereocenters. The van der Waals surface area contributed by atoms with Crippen LogP contribution < -0.4 is 10.0 Å². The van der Waals surface area contributed by atoms with Crippen LogP contribution in [0.3, 0.4) is 0 Å². The largest absolute Gasteiger partial charge is 0.347 e. The SMILES string of the molecule is CC(C)(C)NS(=O)(=O)c1ccccc1CNC(=O)c1csc(-c2ncccn2)n1. The Morgan fingerprint density at radius 2 is 1.79 bits per heavy atom. The number of amides is 1. The molecule has 152 valence electrons. The van der Waals surface area contributed by atoms with Crippen LogP contribution in [0.4, 0.5) is 0 Å². The average molecular weight is 432 g/mol. The number of carbonyl (C=O) groups excluding carboxylic acids is 1. The average Bonchev–Trinajstić information content (AvgIpc) is 3.15. The van der Waals surface area contributed by atoms with Crippen LogP contribution in [0.25, 0.3) is 10.8 Å². The fourth-order valence-electron chi connectivity index (χ4n) is 2.53. The van der Waals surface area contributed by atoms with E-state index in [1.54, 1.807) is 62.8 Å². The van der Waals surface area contributed by atoms with E-state index in [2.05, 4.69) is 25.0 Å². The lowest BCUT2D eigenvalue weighted by Gasteiger charge is -2.21. The Hall–Kier alpha value is -2.69. The molecular formula is C19H21N5O3S2. The third kappa shape index (κ3) is 5.43. The van der Waals surface area contributed by atoms with Crippen LogP contribution in [-0.4, -0.2) is 34.8 Å². The first-order valence-corrected chi connectivity index (χ1v) is 11.1. The lowest BCUT2D eigenvalue weighted by Crippen LogP contribution is -2.41. The molecule has 3 rings (SSSR count). The standard InChI is InChI=1S/C19H21N5O3S2/c1-19(2,3)24-29(26,27)15-8-5-4-7-13(15)11-22-17(25)14-12-28-18(23-14)16-20-9-6-10-21-16/h4-10,12,24H,11H2,1-3H3,(H,22,25). The summed E-state index contributed by atoms with van der Waals surface area (Å²) in [6.07, 6.45) is 3.21. The molecule has 2 aromatic heterocycles. The molecule has 0 saturated heterocycles. The topological polar surface area (TPSA) is 114 Å². The van der Waals surface area contributed by atoms with Crippen molar-refractivity contribution in [3.63, 3.8) is 0 Å². The highest BCUT2D eigenvalue weighted by Crippen LogP contribution is 2.20. The maximum absolute atomic E-state index is 12.7. The monoisotopic (exact) mass is 431 g/mol. The van der Waals surface area contributed by atoms with Gasteiger partial charge in [0.15, 0.2) is 10.8 Å². The fourth-order valence-corrected chi connectivity index (χ4v) is 4.93. The van der Waals surface area contributed by atoms with Gasteiger partial charge >= 0.3 is 0 Å². The van der Waals surface area contributed by atoms with Gasteiger partial charge in [-0.25, -0.2) is 28.1 Å². The number of sulfonamides is 1. The third-order valence-corrected chi connectivity index (χ3v) is 6.33. The number of rotatable bonds is 6. The molecule has 1 amide bonds. The summed E-state index contributed by atoms with van der Waals surface area (Å²) in [6.45, 7) is 5.36. The zero-order valence-electron chi connectivity index (χ0n) is 16.2. The molecular weight excluding hydrogens is 410 g/mol. The van der Waals surface area contributed by atoms with Gasteiger partial charge in [-0.2, -0.15) is 0 Å². The lowest BCUT2D eigenvalue weighted by molar-refractivity contribution is 0.0946. The highest BCUT2D eigenvalue weighted by atomic mass is 32.2. The number of hydrogen-bond donors (Lipinski definition) is 2. The van der Waals surface area contributed by atoms with Crippen molar-refractivity contribution >= 4 is 27.3 Å². The van der Waals surface area contributed by atoms with E-state index in [9.17, 15) is 13.2 Å². The van der Waals surface area contributed by atoms with E-state index in [-0.39, 0.29) is 17.1 Å². The Bertz CT molecular complexity index is 1110. The lowest BCUT2D eigenvalue weighted by atomic mass is 10.1. The van der Waals surface area contributed by atoms with Crippen LogP contribution >= 0.6 is 11.3 Å². The molecule has 0 aliphatic heterocycles. The summed E-state index contributed by atoms with van der Waals surface area (Å²) in [4.78, 5) is 25.1. The summed E-state index contributed by atoms with van der Waals surface area (Å²) in [5, 5.41) is 4.88. The normalized spacial score (nSPS) is 12.0. The van der Waals surface area contributed by atoms with Crippen LogP contribution in [0.1, 0.15) is 36.8 Å². The Balaban J connectivity index is 1.74. The number of nitrogens with one attached hydrogen (secondary N) is 2. The van der Waals surface area contributed by atoms with Crippen LogP contribution in [0.15, 0.2) is 53.0 Å². The quantitative estimate of drug-likeness (QED) is 0.620. The highest BCUT2D eigenvalue weighted by molar-refractivity contribution is 7.89. The van der Waals surface area contributed by atoms with Crippen molar-refractivity contribution in [3.8, 4) is 10.8 Å². The molecule has 0 atom stereocenters. The molecule has 10 heteroatoms. The van der Waals surface area contributed by atoms with Crippen LogP contribution in [0.2, 0.25) is 0 Å². The second-order valence-electron chi connectivity index (χ2n) is 7.26. The summed E-state index contributed by atoms with van der Waals surface area (Å²) in [6, 6.07) is 8.26. The fraction of sp³-hybridized carbons (Fsp3) is 0.263. The molecule has 2 heterocycles. The minimum Gasteiger partial charge on any atom is -0.347 e. The minimum atomic E-state index is -3.72. The Labute approximate surface area is 173 Å². The van der Waals surface area contributed by atoms with E-state index in [4.69, 9.17) is 0 Å². The maximum atomic E-state index is 12.7. The van der Waals surface area contributed by atoms with Crippen LogP contribution in [0, 0.1) is 0 Å². The molecule has 8 nitrogen and oxygen atoms in total. The molecule has 0 bridgehead atoms. The second kappa shape index (κ2) is 8.36. The van der Waals surface area contributed by atoms with Crippen LogP contribution in [-0.2, 0) is 16.6 Å². The van der Waals surface area contributed by atoms with E-state index in [0.29, 0.717) is 16.4 Å². The molecule has 0 spiro atoms. The molecule has 2 N–H and O–H groups in total. The van der Waals surface area contributed by atoms with Gasteiger partial charge < -0.3 is 5.32 Å². The first kappa shape index (κ1) is 21.0. The minimum absolute atomic E-state index is 0.0504. The summed E-state index contributed by atoms with van der Waals surface area (Å²) < 4.78 is 28.0. The van der Waals surface area contributed by atoms with E-state index in [1.165, 1.54) is 17.4 Å². The number of aromatic nitrogens is 3. The molecule has 3 aromatic rings. The van der Waals surface area contributed by atoms with Crippen LogP contribution in [0.5, 0.6) is 0 Å². The zero-order chi connectivity index (χ0) is 21.1. The molecule has 0 fully saturated rings. The third-order valence-electron chi connectivity index (χ3n) is 3.64. The Morgan fingerprint density at radius 1 is 1.10 bits per heavy atom. The van der Waals surface area contributed by atoms with Gasteiger partial charge in [0, 0.05) is 29.9 Å². The molecule has 1 aromatic carbocycles. The van der Waals surface area contributed by atoms with Crippen molar-refractivity contribution in [3.05, 3.63) is 59.4 Å². The summed E-state index contributed by atoms with van der Waals surface area (Å²) in [5.41, 5.74) is 0.0937. The van der Waals surface area contributed by atoms with Gasteiger partial charge in [-0.15, -0.1) is 11.3 Å². The van der Waals surface area contributed by atoms with Gasteiger partial charge in [0.2, 0.25) is 10.0 Å². The second-order valence-corrected chi connectivity index (χ2v) is 9.77. The van der Waals surface area contributed by atoms with Crippen molar-refractivity contribution in [2.45, 2.75) is 37.8 Å². The van der Waals surface area contributed by atoms with Crippen molar-refractivity contribution in [1.29, 1.82) is 0 Å². The zero-order valence-corrected chi connectivity index (χ0v) is 17.8. The van der Waals surface area contributed by atoms with E-state index in [0.717, 1.165) is 0 Å². The number of thiazole rings is 1. The predicted molar refractivity (Wildman–Crippen MR) is 111 cm³/mol. The molecule has 0 aliphatic rings. The number of hydrogen-bond acceptors (Lipinski definition) is 7. The number of carbonyl (C=O) groups is 1. The van der Waals surface area contributed by atoms with Crippen molar-refractivity contribution in [1.82, 2.24) is 25.0 Å². The smallest absolute Gasteiger partial charge is 0.271 e. The molecule has 0 radical (unpaired) electrons. The van der Waals surface area contributed by atoms with Crippen molar-refractivity contribution in [2.75, 3.05) is 0 Å².